The Hall–Kier alpha value is -1.15. The molecule has 0 aliphatic heterocycles. The number of rotatable bonds is 6. The van der Waals surface area contributed by atoms with Crippen molar-refractivity contribution in [1.82, 2.24) is 0 Å². The minimum atomic E-state index is -0.676. The highest BCUT2D eigenvalue weighted by Gasteiger charge is 2.23. The second kappa shape index (κ2) is 5.80. The van der Waals surface area contributed by atoms with Gasteiger partial charge in [-0.2, -0.15) is 0 Å². The van der Waals surface area contributed by atoms with E-state index in [2.05, 4.69) is 0 Å². The molecule has 0 bridgehead atoms. The molecule has 0 saturated carbocycles. The van der Waals surface area contributed by atoms with E-state index in [4.69, 9.17) is 0 Å². The number of hydrogen-bond donors (Lipinski definition) is 1. The third-order valence-electron chi connectivity index (χ3n) is 3.23. The van der Waals surface area contributed by atoms with Crippen LogP contribution in [0.25, 0.3) is 0 Å². The highest BCUT2D eigenvalue weighted by atomic mass is 16.3. The Morgan fingerprint density at radius 3 is 2.25 bits per heavy atom. The monoisotopic (exact) mass is 220 g/mol. The van der Waals surface area contributed by atoms with Crippen LogP contribution in [0.5, 0.6) is 0 Å². The molecule has 0 heterocycles. The van der Waals surface area contributed by atoms with Gasteiger partial charge >= 0.3 is 0 Å². The minimum absolute atomic E-state index is 0.112. The van der Waals surface area contributed by atoms with Crippen molar-refractivity contribution >= 4 is 5.78 Å². The summed E-state index contributed by atoms with van der Waals surface area (Å²) in [4.78, 5) is 11.8. The number of ketones is 1. The van der Waals surface area contributed by atoms with Gasteiger partial charge in [0.1, 0.15) is 0 Å². The van der Waals surface area contributed by atoms with Gasteiger partial charge in [0.15, 0.2) is 5.78 Å². The van der Waals surface area contributed by atoms with Crippen LogP contribution in [0.4, 0.5) is 0 Å². The maximum absolute atomic E-state index is 11.8. The maximum Gasteiger partial charge on any atom is 0.162 e. The van der Waals surface area contributed by atoms with Crippen LogP contribution < -0.4 is 0 Å². The second-order valence-electron chi connectivity index (χ2n) is 4.22. The molecule has 1 rings (SSSR count). The van der Waals surface area contributed by atoms with Gasteiger partial charge < -0.3 is 5.11 Å². The average Bonchev–Trinajstić information content (AvgIpc) is 2.36. The molecule has 2 nitrogen and oxygen atoms in total. The zero-order valence-corrected chi connectivity index (χ0v) is 10.1. The van der Waals surface area contributed by atoms with Crippen LogP contribution in [0.3, 0.4) is 0 Å². The SMILES string of the molecule is CCC(O)(CC)CCC(=O)c1ccccc1. The van der Waals surface area contributed by atoms with Crippen molar-refractivity contribution < 1.29 is 9.90 Å². The molecule has 0 aliphatic rings. The molecule has 2 heteroatoms. The van der Waals surface area contributed by atoms with Gasteiger partial charge in [-0.1, -0.05) is 44.2 Å². The number of aliphatic hydroxyl groups is 1. The van der Waals surface area contributed by atoms with Crippen LogP contribution >= 0.6 is 0 Å². The zero-order chi connectivity index (χ0) is 12.0. The van der Waals surface area contributed by atoms with E-state index in [0.717, 1.165) is 5.56 Å². The van der Waals surface area contributed by atoms with Crippen molar-refractivity contribution in [2.45, 2.75) is 45.1 Å². The van der Waals surface area contributed by atoms with Crippen LogP contribution in [0.2, 0.25) is 0 Å². The number of benzene rings is 1. The van der Waals surface area contributed by atoms with E-state index in [1.54, 1.807) is 0 Å². The first kappa shape index (κ1) is 12.9. The fourth-order valence-corrected chi connectivity index (χ4v) is 1.72. The van der Waals surface area contributed by atoms with Crippen LogP contribution in [0.1, 0.15) is 49.9 Å². The lowest BCUT2D eigenvalue weighted by atomic mass is 9.90. The summed E-state index contributed by atoms with van der Waals surface area (Å²) in [6.07, 6.45) is 2.37. The molecule has 0 spiro atoms. The summed E-state index contributed by atoms with van der Waals surface area (Å²) < 4.78 is 0. The third-order valence-corrected chi connectivity index (χ3v) is 3.23. The molecular formula is C14H20O2. The molecule has 16 heavy (non-hydrogen) atoms. The molecule has 0 atom stereocenters. The Bertz CT molecular complexity index is 326. The van der Waals surface area contributed by atoms with Gasteiger partial charge in [0.05, 0.1) is 5.60 Å². The Balaban J connectivity index is 2.54. The van der Waals surface area contributed by atoms with Crippen molar-refractivity contribution in [3.05, 3.63) is 35.9 Å². The summed E-state index contributed by atoms with van der Waals surface area (Å²) in [6, 6.07) is 9.25. The molecule has 0 aliphatic carbocycles. The predicted octanol–water partition coefficient (Wildman–Crippen LogP) is 3.20. The summed E-state index contributed by atoms with van der Waals surface area (Å²) in [5.74, 6) is 0.112. The molecule has 0 fully saturated rings. The van der Waals surface area contributed by atoms with Crippen LogP contribution in [-0.4, -0.2) is 16.5 Å². The van der Waals surface area contributed by atoms with Crippen LogP contribution in [0.15, 0.2) is 30.3 Å². The van der Waals surface area contributed by atoms with Gasteiger partial charge in [0, 0.05) is 12.0 Å². The lowest BCUT2D eigenvalue weighted by Crippen LogP contribution is -2.27. The molecule has 0 saturated heterocycles. The lowest BCUT2D eigenvalue weighted by molar-refractivity contribution is 0.0216. The van der Waals surface area contributed by atoms with Crippen molar-refractivity contribution in [3.63, 3.8) is 0 Å². The van der Waals surface area contributed by atoms with Crippen molar-refractivity contribution in [3.8, 4) is 0 Å². The summed E-state index contributed by atoms with van der Waals surface area (Å²) in [5, 5.41) is 10.1. The molecular weight excluding hydrogens is 200 g/mol. The number of hydrogen-bond acceptors (Lipinski definition) is 2. The van der Waals surface area contributed by atoms with E-state index in [0.29, 0.717) is 25.7 Å². The van der Waals surface area contributed by atoms with Crippen molar-refractivity contribution in [1.29, 1.82) is 0 Å². The van der Waals surface area contributed by atoms with Gasteiger partial charge in [-0.25, -0.2) is 0 Å². The van der Waals surface area contributed by atoms with Gasteiger partial charge in [0.2, 0.25) is 0 Å². The molecule has 1 aromatic rings. The number of Topliss-reactive ketones (excluding diaryl/α,β-unsaturated/α-hetero) is 1. The van der Waals surface area contributed by atoms with Gasteiger partial charge in [-0.15, -0.1) is 0 Å². The summed E-state index contributed by atoms with van der Waals surface area (Å²) in [5.41, 5.74) is 0.0572. The Morgan fingerprint density at radius 1 is 1.19 bits per heavy atom. The second-order valence-corrected chi connectivity index (χ2v) is 4.22. The number of carbonyl (C=O) groups excluding carboxylic acids is 1. The molecule has 88 valence electrons. The largest absolute Gasteiger partial charge is 0.390 e. The van der Waals surface area contributed by atoms with E-state index in [1.807, 2.05) is 44.2 Å². The van der Waals surface area contributed by atoms with E-state index >= 15 is 0 Å². The molecule has 0 radical (unpaired) electrons. The summed E-state index contributed by atoms with van der Waals surface area (Å²) >= 11 is 0. The van der Waals surface area contributed by atoms with E-state index < -0.39 is 5.60 Å². The van der Waals surface area contributed by atoms with Crippen LogP contribution in [-0.2, 0) is 0 Å². The first-order valence-corrected chi connectivity index (χ1v) is 5.92. The van der Waals surface area contributed by atoms with Gasteiger partial charge in [-0.05, 0) is 19.3 Å². The molecule has 0 amide bonds. The number of carbonyl (C=O) groups is 1. The highest BCUT2D eigenvalue weighted by Crippen LogP contribution is 2.22. The Kier molecular flexibility index (Phi) is 4.69. The first-order valence-electron chi connectivity index (χ1n) is 5.92. The van der Waals surface area contributed by atoms with Crippen LogP contribution in [0, 0.1) is 0 Å². The summed E-state index contributed by atoms with van der Waals surface area (Å²) in [6.45, 7) is 3.91. The fraction of sp³-hybridized carbons (Fsp3) is 0.500. The van der Waals surface area contributed by atoms with Gasteiger partial charge in [-0.3, -0.25) is 4.79 Å². The standard InChI is InChI=1S/C14H20O2/c1-3-14(16,4-2)11-10-13(15)12-8-6-5-7-9-12/h5-9,16H,3-4,10-11H2,1-2H3. The Labute approximate surface area is 97.3 Å². The zero-order valence-electron chi connectivity index (χ0n) is 10.1. The molecule has 0 aromatic heterocycles. The van der Waals surface area contributed by atoms with E-state index in [9.17, 15) is 9.90 Å². The minimum Gasteiger partial charge on any atom is -0.390 e. The average molecular weight is 220 g/mol. The summed E-state index contributed by atoms with van der Waals surface area (Å²) in [7, 11) is 0. The topological polar surface area (TPSA) is 37.3 Å². The highest BCUT2D eigenvalue weighted by molar-refractivity contribution is 5.95. The molecule has 0 unspecified atom stereocenters. The molecule has 1 aromatic carbocycles. The normalized spacial score (nSPS) is 11.4. The third kappa shape index (κ3) is 3.46. The van der Waals surface area contributed by atoms with Crippen molar-refractivity contribution in [2.24, 2.45) is 0 Å². The predicted molar refractivity (Wildman–Crippen MR) is 65.5 cm³/mol. The lowest BCUT2D eigenvalue weighted by Gasteiger charge is -2.24. The van der Waals surface area contributed by atoms with Gasteiger partial charge in [0.25, 0.3) is 0 Å². The quantitative estimate of drug-likeness (QED) is 0.747. The fourth-order valence-electron chi connectivity index (χ4n) is 1.72. The molecule has 1 N–H and O–H groups in total. The smallest absolute Gasteiger partial charge is 0.162 e. The first-order chi connectivity index (χ1) is 7.61. The van der Waals surface area contributed by atoms with E-state index in [-0.39, 0.29) is 5.78 Å². The van der Waals surface area contributed by atoms with E-state index in [1.165, 1.54) is 0 Å². The van der Waals surface area contributed by atoms with Crippen molar-refractivity contribution in [2.75, 3.05) is 0 Å². The Morgan fingerprint density at radius 2 is 1.75 bits per heavy atom. The maximum atomic E-state index is 11.8.